The zero-order valence-electron chi connectivity index (χ0n) is 10.5. The Kier molecular flexibility index (Phi) is 4.49. The molecule has 0 spiro atoms. The zero-order chi connectivity index (χ0) is 12.3. The van der Waals surface area contributed by atoms with E-state index in [9.17, 15) is 4.79 Å². The van der Waals surface area contributed by atoms with Crippen LogP contribution in [0.3, 0.4) is 0 Å². The molecule has 0 N–H and O–H groups in total. The van der Waals surface area contributed by atoms with E-state index in [2.05, 4.69) is 6.92 Å². The molecule has 1 saturated heterocycles. The molecule has 1 atom stereocenters. The highest BCUT2D eigenvalue weighted by Crippen LogP contribution is 2.39. The number of carbonyl (C=O) groups is 1. The van der Waals surface area contributed by atoms with Crippen LogP contribution >= 0.6 is 11.6 Å². The molecule has 96 valence electrons. The summed E-state index contributed by atoms with van der Waals surface area (Å²) >= 11 is 6.25. The van der Waals surface area contributed by atoms with Gasteiger partial charge in [0.25, 0.3) is 0 Å². The standard InChI is InChI=1S/C14H21ClO2/c1-2-3-9-11(15)12-13(17-14(12)16)10-7-5-4-6-8-10/h10,13H,2-9H2,1H3/b12-11-. The summed E-state index contributed by atoms with van der Waals surface area (Å²) in [7, 11) is 0. The average molecular weight is 257 g/mol. The second kappa shape index (κ2) is 5.90. The molecule has 2 fully saturated rings. The smallest absolute Gasteiger partial charge is 0.339 e. The third kappa shape index (κ3) is 2.85. The number of halogens is 1. The van der Waals surface area contributed by atoms with Gasteiger partial charge >= 0.3 is 5.97 Å². The molecule has 1 unspecified atom stereocenters. The van der Waals surface area contributed by atoms with E-state index in [4.69, 9.17) is 16.3 Å². The predicted octanol–water partition coefficient (Wildman–Crippen LogP) is 4.18. The molecule has 0 radical (unpaired) electrons. The summed E-state index contributed by atoms with van der Waals surface area (Å²) in [5.74, 6) is 0.341. The highest BCUT2D eigenvalue weighted by atomic mass is 35.5. The lowest BCUT2D eigenvalue weighted by Gasteiger charge is -2.38. The van der Waals surface area contributed by atoms with Gasteiger partial charge in [-0.2, -0.15) is 0 Å². The Morgan fingerprint density at radius 2 is 2.06 bits per heavy atom. The van der Waals surface area contributed by atoms with Gasteiger partial charge in [0.15, 0.2) is 0 Å². The number of allylic oxidation sites excluding steroid dienone is 1. The number of esters is 1. The average Bonchev–Trinajstić information content (AvgIpc) is 2.34. The van der Waals surface area contributed by atoms with Crippen molar-refractivity contribution in [3.8, 4) is 0 Å². The number of hydrogen-bond donors (Lipinski definition) is 0. The van der Waals surface area contributed by atoms with Crippen molar-refractivity contribution < 1.29 is 9.53 Å². The van der Waals surface area contributed by atoms with Crippen LogP contribution in [0.4, 0.5) is 0 Å². The van der Waals surface area contributed by atoms with E-state index in [1.165, 1.54) is 32.1 Å². The number of unbranched alkanes of at least 4 members (excludes halogenated alkanes) is 1. The van der Waals surface area contributed by atoms with E-state index in [-0.39, 0.29) is 12.1 Å². The van der Waals surface area contributed by atoms with Crippen molar-refractivity contribution in [3.63, 3.8) is 0 Å². The number of carbonyl (C=O) groups excluding carboxylic acids is 1. The third-order valence-corrected chi connectivity index (χ3v) is 4.25. The van der Waals surface area contributed by atoms with E-state index < -0.39 is 0 Å². The van der Waals surface area contributed by atoms with Gasteiger partial charge < -0.3 is 4.74 Å². The van der Waals surface area contributed by atoms with Crippen LogP contribution in [0.15, 0.2) is 10.6 Å². The number of cyclic esters (lactones) is 1. The summed E-state index contributed by atoms with van der Waals surface area (Å²) in [4.78, 5) is 11.5. The van der Waals surface area contributed by atoms with Gasteiger partial charge in [-0.05, 0) is 25.7 Å². The van der Waals surface area contributed by atoms with Gasteiger partial charge in [-0.15, -0.1) is 0 Å². The van der Waals surface area contributed by atoms with Crippen molar-refractivity contribution in [2.45, 2.75) is 64.4 Å². The number of hydrogen-bond acceptors (Lipinski definition) is 2. The van der Waals surface area contributed by atoms with E-state index in [1.54, 1.807) is 0 Å². The first-order valence-corrected chi connectivity index (χ1v) is 7.21. The molecule has 2 aliphatic rings. The van der Waals surface area contributed by atoms with E-state index in [0.29, 0.717) is 5.92 Å². The zero-order valence-corrected chi connectivity index (χ0v) is 11.3. The van der Waals surface area contributed by atoms with Gasteiger partial charge in [-0.3, -0.25) is 0 Å². The Bertz CT molecular complexity index is 316. The summed E-state index contributed by atoms with van der Waals surface area (Å²) in [6, 6.07) is 0. The van der Waals surface area contributed by atoms with Crippen LogP contribution in [-0.2, 0) is 9.53 Å². The maximum Gasteiger partial charge on any atom is 0.339 e. The lowest BCUT2D eigenvalue weighted by molar-refractivity contribution is -0.161. The molecule has 0 bridgehead atoms. The molecule has 1 heterocycles. The maximum absolute atomic E-state index is 11.5. The fourth-order valence-electron chi connectivity index (χ4n) is 2.80. The quantitative estimate of drug-likeness (QED) is 0.557. The monoisotopic (exact) mass is 256 g/mol. The summed E-state index contributed by atoms with van der Waals surface area (Å²) in [5.41, 5.74) is 0.784. The fraction of sp³-hybridized carbons (Fsp3) is 0.786. The van der Waals surface area contributed by atoms with E-state index in [1.807, 2.05) is 0 Å². The molecule has 2 rings (SSSR count). The predicted molar refractivity (Wildman–Crippen MR) is 68.9 cm³/mol. The van der Waals surface area contributed by atoms with Gasteiger partial charge in [0.05, 0.1) is 5.57 Å². The van der Waals surface area contributed by atoms with Crippen LogP contribution in [0.1, 0.15) is 58.3 Å². The Morgan fingerprint density at radius 1 is 1.35 bits per heavy atom. The Labute approximate surface area is 108 Å². The molecule has 1 saturated carbocycles. The molecular formula is C14H21ClO2. The first kappa shape index (κ1) is 12.9. The summed E-state index contributed by atoms with van der Waals surface area (Å²) < 4.78 is 5.31. The summed E-state index contributed by atoms with van der Waals surface area (Å²) in [5, 5.41) is 0.749. The van der Waals surface area contributed by atoms with Gasteiger partial charge in [0.1, 0.15) is 6.10 Å². The second-order valence-corrected chi connectivity index (χ2v) is 5.60. The topological polar surface area (TPSA) is 26.3 Å². The highest BCUT2D eigenvalue weighted by Gasteiger charge is 2.43. The lowest BCUT2D eigenvalue weighted by Crippen LogP contribution is -2.43. The minimum absolute atomic E-state index is 0.00663. The van der Waals surface area contributed by atoms with Crippen molar-refractivity contribution in [1.82, 2.24) is 0 Å². The Balaban J connectivity index is 2.01. The van der Waals surface area contributed by atoms with Crippen molar-refractivity contribution >= 4 is 17.6 Å². The SMILES string of the molecule is CCCC/C(Cl)=C1/C(=O)OC1C1CCCCC1. The number of ether oxygens (including phenoxy) is 1. The minimum atomic E-state index is -0.179. The maximum atomic E-state index is 11.5. The van der Waals surface area contributed by atoms with Crippen molar-refractivity contribution in [1.29, 1.82) is 0 Å². The molecular weight excluding hydrogens is 236 g/mol. The normalized spacial score (nSPS) is 28.6. The second-order valence-electron chi connectivity index (χ2n) is 5.15. The molecule has 0 aromatic rings. The van der Waals surface area contributed by atoms with Crippen molar-refractivity contribution in [2.24, 2.45) is 5.92 Å². The molecule has 3 heteroatoms. The molecule has 1 aliphatic carbocycles. The fourth-order valence-corrected chi connectivity index (χ4v) is 3.11. The Hall–Kier alpha value is -0.500. The molecule has 17 heavy (non-hydrogen) atoms. The highest BCUT2D eigenvalue weighted by molar-refractivity contribution is 6.32. The van der Waals surface area contributed by atoms with Crippen LogP contribution in [0.5, 0.6) is 0 Å². The van der Waals surface area contributed by atoms with Crippen LogP contribution in [-0.4, -0.2) is 12.1 Å². The Morgan fingerprint density at radius 3 is 2.65 bits per heavy atom. The van der Waals surface area contributed by atoms with Crippen LogP contribution in [0.2, 0.25) is 0 Å². The molecule has 2 nitrogen and oxygen atoms in total. The molecule has 0 aromatic carbocycles. The lowest BCUT2D eigenvalue weighted by atomic mass is 9.80. The van der Waals surface area contributed by atoms with Crippen LogP contribution in [0, 0.1) is 5.92 Å². The minimum Gasteiger partial charge on any atom is -0.453 e. The van der Waals surface area contributed by atoms with Gasteiger partial charge in [-0.25, -0.2) is 4.79 Å². The first-order valence-electron chi connectivity index (χ1n) is 6.83. The first-order chi connectivity index (χ1) is 8.24. The van der Waals surface area contributed by atoms with Crippen LogP contribution < -0.4 is 0 Å². The largest absolute Gasteiger partial charge is 0.453 e. The molecule has 0 amide bonds. The van der Waals surface area contributed by atoms with E-state index >= 15 is 0 Å². The summed E-state index contributed by atoms with van der Waals surface area (Å²) in [6.07, 6.45) is 9.19. The van der Waals surface area contributed by atoms with Crippen molar-refractivity contribution in [3.05, 3.63) is 10.6 Å². The van der Waals surface area contributed by atoms with Crippen molar-refractivity contribution in [2.75, 3.05) is 0 Å². The molecule has 1 aliphatic heterocycles. The van der Waals surface area contributed by atoms with Gasteiger partial charge in [0, 0.05) is 11.0 Å². The number of rotatable bonds is 4. The van der Waals surface area contributed by atoms with Gasteiger partial charge in [-0.1, -0.05) is 44.2 Å². The van der Waals surface area contributed by atoms with E-state index in [0.717, 1.165) is 29.9 Å². The summed E-state index contributed by atoms with van der Waals surface area (Å²) in [6.45, 7) is 2.13. The third-order valence-electron chi connectivity index (χ3n) is 3.86. The molecule has 0 aromatic heterocycles. The van der Waals surface area contributed by atoms with Crippen LogP contribution in [0.25, 0.3) is 0 Å². The van der Waals surface area contributed by atoms with Gasteiger partial charge in [0.2, 0.25) is 0 Å².